The predicted octanol–water partition coefficient (Wildman–Crippen LogP) is 5.88. The molecule has 0 aliphatic heterocycles. The molecule has 0 radical (unpaired) electrons. The van der Waals surface area contributed by atoms with Crippen LogP contribution in [0.25, 0.3) is 0 Å². The van der Waals surface area contributed by atoms with E-state index >= 15 is 0 Å². The maximum Gasteiger partial charge on any atom is 0.302 e. The zero-order chi connectivity index (χ0) is 32.3. The molecule has 12 heteroatoms. The molecule has 0 saturated heterocycles. The molecule has 1 saturated carbocycles. The van der Waals surface area contributed by atoms with Crippen LogP contribution in [-0.4, -0.2) is 57.2 Å². The molecule has 4 rings (SSSR count). The number of nitrogens with zero attached hydrogens (tertiary/aromatic N) is 5. The van der Waals surface area contributed by atoms with E-state index < -0.39 is 17.8 Å². The zero-order valence-electron chi connectivity index (χ0n) is 25.0. The Kier molecular flexibility index (Phi) is 12.7. The van der Waals surface area contributed by atoms with Gasteiger partial charge < -0.3 is 10.0 Å². The number of halogens is 3. The molecule has 1 aliphatic rings. The lowest BCUT2D eigenvalue weighted by Gasteiger charge is -2.30. The van der Waals surface area contributed by atoms with Crippen LogP contribution in [0.2, 0.25) is 5.02 Å². The number of amides is 1. The highest BCUT2D eigenvalue weighted by molar-refractivity contribution is 6.32. The van der Waals surface area contributed by atoms with Crippen LogP contribution in [0.1, 0.15) is 79.4 Å². The number of hydrazine groups is 1. The van der Waals surface area contributed by atoms with E-state index in [1.165, 1.54) is 6.20 Å². The van der Waals surface area contributed by atoms with Gasteiger partial charge >= 0.3 is 5.92 Å². The molecule has 0 bridgehead atoms. The number of hydrogen-bond acceptors (Lipinski definition) is 8. The van der Waals surface area contributed by atoms with Crippen molar-refractivity contribution < 1.29 is 23.5 Å². The lowest BCUT2D eigenvalue weighted by atomic mass is 10.1. The minimum Gasteiger partial charge on any atom is -0.388 e. The largest absolute Gasteiger partial charge is 0.388 e. The number of anilines is 1. The quantitative estimate of drug-likeness (QED) is 0.253. The summed E-state index contributed by atoms with van der Waals surface area (Å²) in [5.41, 5.74) is 5.47. The number of nitriles is 1. The third kappa shape index (κ3) is 10.3. The number of aromatic nitrogens is 2. The maximum absolute atomic E-state index is 13.2. The summed E-state index contributed by atoms with van der Waals surface area (Å²) in [6.07, 6.45) is 5.42. The summed E-state index contributed by atoms with van der Waals surface area (Å²) in [5, 5.41) is 21.6. The molecular weight excluding hydrogens is 590 g/mol. The summed E-state index contributed by atoms with van der Waals surface area (Å²) < 4.78 is 23.0. The first-order valence-electron chi connectivity index (χ1n) is 14.3. The van der Waals surface area contributed by atoms with E-state index in [1.807, 2.05) is 55.6 Å². The molecule has 2 N–H and O–H groups in total. The number of ketones is 1. The normalized spacial score (nSPS) is 13.9. The lowest BCUT2D eigenvalue weighted by Crippen LogP contribution is -2.48. The lowest BCUT2D eigenvalue weighted by molar-refractivity contribution is -0.138. The van der Waals surface area contributed by atoms with Crippen molar-refractivity contribution in [1.29, 1.82) is 5.26 Å². The molecule has 1 heterocycles. The Morgan fingerprint density at radius 3 is 2.34 bits per heavy atom. The van der Waals surface area contributed by atoms with Crippen molar-refractivity contribution in [2.45, 2.75) is 70.6 Å². The van der Waals surface area contributed by atoms with Crippen LogP contribution in [0.3, 0.4) is 0 Å². The number of carbonyl (C=O) groups excluding carboxylic acids is 2. The standard InChI is InChI=1S/C28H31ClN6O2.C4H6F2O/c1-34(16-15-25(36)21-7-3-2-4-8-21)19-20-11-13-22(14-12-20)28(37)33-35(23-9-5-6-10-23)27-24(29)18-31-26(17-30)32-27;1-3(7)4(2,5)6/h2-4,7-8,11-14,18,23,25,36H,5-6,9-10,15-16,19H2,1H3,(H,33,37);1-2H3. The number of alkyl halides is 2. The molecule has 44 heavy (non-hydrogen) atoms. The number of carbonyl (C=O) groups is 2. The third-order valence-corrected chi connectivity index (χ3v) is 7.49. The fraction of sp³-hybridized carbons (Fsp3) is 0.406. The topological polar surface area (TPSA) is 122 Å². The van der Waals surface area contributed by atoms with Crippen molar-refractivity contribution >= 4 is 29.1 Å². The van der Waals surface area contributed by atoms with E-state index in [1.54, 1.807) is 17.1 Å². The summed E-state index contributed by atoms with van der Waals surface area (Å²) in [5.74, 6) is -4.16. The fourth-order valence-electron chi connectivity index (χ4n) is 4.57. The van der Waals surface area contributed by atoms with Crippen molar-refractivity contribution in [3.63, 3.8) is 0 Å². The average molecular weight is 627 g/mol. The van der Waals surface area contributed by atoms with Crippen LogP contribution in [-0.2, 0) is 11.3 Å². The third-order valence-electron chi connectivity index (χ3n) is 7.22. The van der Waals surface area contributed by atoms with Crippen LogP contribution in [0.5, 0.6) is 0 Å². The van der Waals surface area contributed by atoms with Gasteiger partial charge in [-0.05, 0) is 49.6 Å². The Bertz CT molecular complexity index is 1420. The van der Waals surface area contributed by atoms with E-state index in [0.29, 0.717) is 31.3 Å². The van der Waals surface area contributed by atoms with Crippen LogP contribution < -0.4 is 10.4 Å². The fourth-order valence-corrected chi connectivity index (χ4v) is 4.75. The Morgan fingerprint density at radius 1 is 1.16 bits per heavy atom. The highest BCUT2D eigenvalue weighted by Crippen LogP contribution is 2.30. The van der Waals surface area contributed by atoms with E-state index in [2.05, 4.69) is 20.3 Å². The van der Waals surface area contributed by atoms with Gasteiger partial charge in [0.1, 0.15) is 11.1 Å². The summed E-state index contributed by atoms with van der Waals surface area (Å²) in [6, 6.07) is 19.1. The van der Waals surface area contributed by atoms with E-state index in [-0.39, 0.29) is 22.8 Å². The van der Waals surface area contributed by atoms with Crippen LogP contribution in [0, 0.1) is 11.3 Å². The molecular formula is C32H37ClF2N6O3. The van der Waals surface area contributed by atoms with Gasteiger partial charge in [-0.2, -0.15) is 19.0 Å². The van der Waals surface area contributed by atoms with E-state index in [9.17, 15) is 28.7 Å². The van der Waals surface area contributed by atoms with Crippen molar-refractivity contribution in [2.75, 3.05) is 18.6 Å². The van der Waals surface area contributed by atoms with Crippen molar-refractivity contribution in [2.24, 2.45) is 0 Å². The predicted molar refractivity (Wildman–Crippen MR) is 164 cm³/mol. The van der Waals surface area contributed by atoms with Gasteiger partial charge in [-0.15, -0.1) is 0 Å². The minimum absolute atomic E-state index is 0.00130. The summed E-state index contributed by atoms with van der Waals surface area (Å²) in [4.78, 5) is 33.2. The van der Waals surface area contributed by atoms with Crippen molar-refractivity contribution in [1.82, 2.24) is 20.3 Å². The molecule has 1 amide bonds. The van der Waals surface area contributed by atoms with Crippen LogP contribution >= 0.6 is 11.6 Å². The van der Waals surface area contributed by atoms with Gasteiger partial charge in [0.25, 0.3) is 5.91 Å². The monoisotopic (exact) mass is 626 g/mol. The summed E-state index contributed by atoms with van der Waals surface area (Å²) >= 11 is 6.36. The van der Waals surface area contributed by atoms with Gasteiger partial charge in [0, 0.05) is 32.5 Å². The Hall–Kier alpha value is -3.98. The van der Waals surface area contributed by atoms with Gasteiger partial charge in [-0.3, -0.25) is 20.0 Å². The SMILES string of the molecule is CC(=O)C(C)(F)F.CN(CCC(O)c1ccccc1)Cc1ccc(C(=O)NN(c2nc(C#N)ncc2Cl)C2CCCC2)cc1. The number of nitrogens with one attached hydrogen (secondary N) is 1. The zero-order valence-corrected chi connectivity index (χ0v) is 25.8. The van der Waals surface area contributed by atoms with E-state index in [0.717, 1.165) is 50.3 Å². The van der Waals surface area contributed by atoms with Crippen molar-refractivity contribution in [3.8, 4) is 6.07 Å². The first-order chi connectivity index (χ1) is 20.9. The Balaban J connectivity index is 0.000000676. The number of aliphatic hydroxyl groups is 1. The van der Waals surface area contributed by atoms with Gasteiger partial charge in [0.05, 0.1) is 18.3 Å². The Morgan fingerprint density at radius 2 is 1.77 bits per heavy atom. The second kappa shape index (κ2) is 16.2. The Labute approximate surface area is 261 Å². The highest BCUT2D eigenvalue weighted by Gasteiger charge is 2.28. The molecule has 3 aromatic rings. The summed E-state index contributed by atoms with van der Waals surface area (Å²) in [6.45, 7) is 2.87. The average Bonchev–Trinajstić information content (AvgIpc) is 3.54. The van der Waals surface area contributed by atoms with Gasteiger partial charge in [-0.25, -0.2) is 4.98 Å². The van der Waals surface area contributed by atoms with Crippen molar-refractivity contribution in [3.05, 3.63) is 88.3 Å². The molecule has 9 nitrogen and oxygen atoms in total. The molecule has 1 atom stereocenters. The second-order valence-electron chi connectivity index (χ2n) is 10.8. The smallest absolute Gasteiger partial charge is 0.302 e. The minimum atomic E-state index is -3.14. The number of benzene rings is 2. The number of rotatable bonds is 11. The molecule has 1 aromatic heterocycles. The van der Waals surface area contributed by atoms with Crippen LogP contribution in [0.15, 0.2) is 60.8 Å². The van der Waals surface area contributed by atoms with E-state index in [4.69, 9.17) is 11.6 Å². The molecule has 1 unspecified atom stereocenters. The molecule has 234 valence electrons. The van der Waals surface area contributed by atoms with Gasteiger partial charge in [0.2, 0.25) is 5.82 Å². The highest BCUT2D eigenvalue weighted by atomic mass is 35.5. The molecule has 0 spiro atoms. The number of aliphatic hydroxyl groups excluding tert-OH is 1. The molecule has 1 aliphatic carbocycles. The van der Waals surface area contributed by atoms with Crippen LogP contribution in [0.4, 0.5) is 14.6 Å². The first-order valence-corrected chi connectivity index (χ1v) is 14.7. The molecule has 1 fully saturated rings. The first kappa shape index (κ1) is 34.5. The van der Waals surface area contributed by atoms with Gasteiger partial charge in [0.15, 0.2) is 11.6 Å². The maximum atomic E-state index is 13.2. The second-order valence-corrected chi connectivity index (χ2v) is 11.2. The summed E-state index contributed by atoms with van der Waals surface area (Å²) in [7, 11) is 2.01. The number of Topliss-reactive ketones (excluding diaryl/α,β-unsaturated/α-hetero) is 1. The number of hydrogen-bond donors (Lipinski definition) is 2. The molecule has 2 aromatic carbocycles. The van der Waals surface area contributed by atoms with Gasteiger partial charge in [-0.1, -0.05) is 66.9 Å².